The summed E-state index contributed by atoms with van der Waals surface area (Å²) < 4.78 is 5.32. The van der Waals surface area contributed by atoms with Crippen LogP contribution in [0.25, 0.3) is 0 Å². The zero-order valence-electron chi connectivity index (χ0n) is 14.9. The Morgan fingerprint density at radius 3 is 2.68 bits per heavy atom. The molecule has 6 heteroatoms. The van der Waals surface area contributed by atoms with Crippen molar-refractivity contribution in [3.63, 3.8) is 0 Å². The van der Waals surface area contributed by atoms with E-state index in [1.807, 2.05) is 31.2 Å². The van der Waals surface area contributed by atoms with Gasteiger partial charge in [-0.05, 0) is 18.9 Å². The van der Waals surface area contributed by atoms with E-state index in [0.717, 1.165) is 31.2 Å². The molecule has 1 amide bonds. The third-order valence-corrected chi connectivity index (χ3v) is 5.82. The minimum atomic E-state index is -0.535. The molecule has 0 aromatic heterocycles. The molecule has 138 valence electrons. The van der Waals surface area contributed by atoms with Crippen molar-refractivity contribution in [3.05, 3.63) is 34.9 Å². The summed E-state index contributed by atoms with van der Waals surface area (Å²) in [5.41, 5.74) is 0.879. The number of benzene rings is 1. The van der Waals surface area contributed by atoms with E-state index in [1.54, 1.807) is 16.7 Å². The topological polar surface area (TPSA) is 46.6 Å². The lowest BCUT2D eigenvalue weighted by atomic mass is 10.1. The highest BCUT2D eigenvalue weighted by Gasteiger charge is 2.43. The second kappa shape index (κ2) is 10.1. The van der Waals surface area contributed by atoms with Crippen molar-refractivity contribution in [1.29, 1.82) is 0 Å². The van der Waals surface area contributed by atoms with E-state index in [4.69, 9.17) is 16.3 Å². The zero-order chi connectivity index (χ0) is 18.2. The van der Waals surface area contributed by atoms with E-state index in [1.165, 1.54) is 0 Å². The summed E-state index contributed by atoms with van der Waals surface area (Å²) in [6.07, 6.45) is 4.12. The maximum atomic E-state index is 12.9. The van der Waals surface area contributed by atoms with Crippen molar-refractivity contribution in [2.75, 3.05) is 12.4 Å². The minimum Gasteiger partial charge on any atom is -0.464 e. The smallest absolute Gasteiger partial charge is 0.329 e. The summed E-state index contributed by atoms with van der Waals surface area (Å²) in [5, 5.41) is 0.385. The SMILES string of the molecule is CCCCCC(=O)N1[C@H](C(=O)OCCC)CS[C@H]1c1ccccc1Cl. The Morgan fingerprint density at radius 1 is 1.24 bits per heavy atom. The summed E-state index contributed by atoms with van der Waals surface area (Å²) in [7, 11) is 0. The minimum absolute atomic E-state index is 0.00168. The Bertz CT molecular complexity index is 596. The molecule has 0 saturated carbocycles. The number of rotatable bonds is 8. The maximum Gasteiger partial charge on any atom is 0.329 e. The van der Waals surface area contributed by atoms with Gasteiger partial charge >= 0.3 is 5.97 Å². The molecule has 1 heterocycles. The fourth-order valence-corrected chi connectivity index (χ4v) is 4.64. The van der Waals surface area contributed by atoms with E-state index in [-0.39, 0.29) is 17.3 Å². The van der Waals surface area contributed by atoms with Crippen molar-refractivity contribution in [2.24, 2.45) is 0 Å². The standard InChI is InChI=1S/C19H26ClNO3S/c1-3-5-6-11-17(22)21-16(19(23)24-12-4-2)13-25-18(21)14-9-7-8-10-15(14)20/h7-10,16,18H,3-6,11-13H2,1-2H3/t16-,18-/m0/s1. The van der Waals surface area contributed by atoms with Gasteiger partial charge in [0.1, 0.15) is 11.4 Å². The summed E-state index contributed by atoms with van der Waals surface area (Å²) >= 11 is 7.92. The number of hydrogen-bond donors (Lipinski definition) is 0. The zero-order valence-corrected chi connectivity index (χ0v) is 16.4. The summed E-state index contributed by atoms with van der Waals surface area (Å²) in [4.78, 5) is 27.0. The van der Waals surface area contributed by atoms with Crippen molar-refractivity contribution < 1.29 is 14.3 Å². The second-order valence-electron chi connectivity index (χ2n) is 6.15. The summed E-state index contributed by atoms with van der Waals surface area (Å²) in [6.45, 7) is 4.44. The van der Waals surface area contributed by atoms with Crippen LogP contribution in [0.5, 0.6) is 0 Å². The number of thioether (sulfide) groups is 1. The molecule has 1 aliphatic rings. The van der Waals surface area contributed by atoms with Crippen LogP contribution in [0.4, 0.5) is 0 Å². The Kier molecular flexibility index (Phi) is 8.10. The lowest BCUT2D eigenvalue weighted by Crippen LogP contribution is -2.43. The molecule has 25 heavy (non-hydrogen) atoms. The highest BCUT2D eigenvalue weighted by molar-refractivity contribution is 7.99. The van der Waals surface area contributed by atoms with Crippen LogP contribution in [0, 0.1) is 0 Å². The number of carbonyl (C=O) groups is 2. The van der Waals surface area contributed by atoms with Gasteiger partial charge in [-0.2, -0.15) is 0 Å². The molecular formula is C19H26ClNO3S. The molecule has 1 aromatic rings. The average Bonchev–Trinajstić information content (AvgIpc) is 3.05. The van der Waals surface area contributed by atoms with Crippen LogP contribution in [-0.2, 0) is 14.3 Å². The predicted octanol–water partition coefficient (Wildman–Crippen LogP) is 4.82. The van der Waals surface area contributed by atoms with Gasteiger partial charge in [0.15, 0.2) is 0 Å². The summed E-state index contributed by atoms with van der Waals surface area (Å²) in [6, 6.07) is 6.98. The number of esters is 1. The molecule has 1 fully saturated rings. The number of hydrogen-bond acceptors (Lipinski definition) is 4. The predicted molar refractivity (Wildman–Crippen MR) is 103 cm³/mol. The fourth-order valence-electron chi connectivity index (χ4n) is 2.86. The highest BCUT2D eigenvalue weighted by atomic mass is 35.5. The van der Waals surface area contributed by atoms with Crippen molar-refractivity contribution in [2.45, 2.75) is 57.4 Å². The van der Waals surface area contributed by atoms with E-state index < -0.39 is 6.04 Å². The molecule has 2 rings (SSSR count). The third kappa shape index (κ3) is 5.14. The molecule has 1 aromatic carbocycles. The Morgan fingerprint density at radius 2 is 2.00 bits per heavy atom. The Hall–Kier alpha value is -1.20. The van der Waals surface area contributed by atoms with Gasteiger partial charge in [-0.25, -0.2) is 4.79 Å². The number of amides is 1. The first-order chi connectivity index (χ1) is 12.1. The van der Waals surface area contributed by atoms with Crippen LogP contribution >= 0.6 is 23.4 Å². The first-order valence-corrected chi connectivity index (χ1v) is 10.4. The molecular weight excluding hydrogens is 358 g/mol. The maximum absolute atomic E-state index is 12.9. The second-order valence-corrected chi connectivity index (χ2v) is 7.67. The molecule has 2 atom stereocenters. The van der Waals surface area contributed by atoms with Gasteiger partial charge in [-0.3, -0.25) is 4.79 Å². The number of halogens is 1. The van der Waals surface area contributed by atoms with Crippen molar-refractivity contribution >= 4 is 35.2 Å². The average molecular weight is 384 g/mol. The van der Waals surface area contributed by atoms with Gasteiger partial charge in [0, 0.05) is 22.8 Å². The van der Waals surface area contributed by atoms with E-state index in [9.17, 15) is 9.59 Å². The quantitative estimate of drug-likeness (QED) is 0.477. The molecule has 0 radical (unpaired) electrons. The molecule has 1 saturated heterocycles. The van der Waals surface area contributed by atoms with Crippen LogP contribution < -0.4 is 0 Å². The van der Waals surface area contributed by atoms with Gasteiger partial charge < -0.3 is 9.64 Å². The Labute approximate surface area is 159 Å². The monoisotopic (exact) mass is 383 g/mol. The van der Waals surface area contributed by atoms with Crippen molar-refractivity contribution in [1.82, 2.24) is 4.90 Å². The molecule has 0 aliphatic carbocycles. The number of nitrogens with zero attached hydrogens (tertiary/aromatic N) is 1. The fraction of sp³-hybridized carbons (Fsp3) is 0.579. The van der Waals surface area contributed by atoms with Crippen LogP contribution in [0.3, 0.4) is 0 Å². The molecule has 0 bridgehead atoms. The largest absolute Gasteiger partial charge is 0.464 e. The molecule has 0 spiro atoms. The van der Waals surface area contributed by atoms with Gasteiger partial charge in [-0.15, -0.1) is 11.8 Å². The normalized spacial score (nSPS) is 19.9. The first kappa shape index (κ1) is 20.1. The van der Waals surface area contributed by atoms with Gasteiger partial charge in [-0.1, -0.05) is 56.5 Å². The molecule has 1 aliphatic heterocycles. The van der Waals surface area contributed by atoms with Gasteiger partial charge in [0.2, 0.25) is 5.91 Å². The first-order valence-electron chi connectivity index (χ1n) is 8.94. The van der Waals surface area contributed by atoms with Crippen LogP contribution in [0.2, 0.25) is 5.02 Å². The number of unbranched alkanes of at least 4 members (excludes halogenated alkanes) is 2. The van der Waals surface area contributed by atoms with Crippen LogP contribution in [0.15, 0.2) is 24.3 Å². The van der Waals surface area contributed by atoms with E-state index in [2.05, 4.69) is 6.92 Å². The van der Waals surface area contributed by atoms with Gasteiger partial charge in [0.05, 0.1) is 6.61 Å². The lowest BCUT2D eigenvalue weighted by Gasteiger charge is -2.29. The lowest BCUT2D eigenvalue weighted by molar-refractivity contribution is -0.154. The van der Waals surface area contributed by atoms with E-state index >= 15 is 0 Å². The van der Waals surface area contributed by atoms with E-state index in [0.29, 0.717) is 23.8 Å². The van der Waals surface area contributed by atoms with Crippen LogP contribution in [-0.4, -0.2) is 35.2 Å². The van der Waals surface area contributed by atoms with Crippen molar-refractivity contribution in [3.8, 4) is 0 Å². The van der Waals surface area contributed by atoms with Gasteiger partial charge in [0.25, 0.3) is 0 Å². The third-order valence-electron chi connectivity index (χ3n) is 4.17. The molecule has 0 N–H and O–H groups in total. The highest BCUT2D eigenvalue weighted by Crippen LogP contribution is 2.44. The van der Waals surface area contributed by atoms with Crippen LogP contribution in [0.1, 0.15) is 56.9 Å². The number of carbonyl (C=O) groups excluding carboxylic acids is 2. The molecule has 4 nitrogen and oxygen atoms in total. The Balaban J connectivity index is 2.22. The number of ether oxygens (including phenoxy) is 1. The summed E-state index contributed by atoms with van der Waals surface area (Å²) in [5.74, 6) is 0.229. The molecule has 0 unspecified atom stereocenters.